The molecule has 0 aliphatic rings. The van der Waals surface area contributed by atoms with Gasteiger partial charge in [0, 0.05) is 11.7 Å². The second-order valence-electron chi connectivity index (χ2n) is 4.47. The highest BCUT2D eigenvalue weighted by atomic mass is 16.5. The number of hydrogen-bond donors (Lipinski definition) is 2. The van der Waals surface area contributed by atoms with Crippen molar-refractivity contribution in [3.05, 3.63) is 30.5 Å². The van der Waals surface area contributed by atoms with Crippen LogP contribution in [0.4, 0.5) is 17.5 Å². The number of nitrogens with one attached hydrogen (secondary N) is 2. The van der Waals surface area contributed by atoms with Crippen LogP contribution in [0.25, 0.3) is 0 Å². The lowest BCUT2D eigenvalue weighted by molar-refractivity contribution is 0.415. The molecule has 1 heterocycles. The maximum atomic E-state index is 5.11. The van der Waals surface area contributed by atoms with Gasteiger partial charge in [-0.2, -0.15) is 10.1 Å². The summed E-state index contributed by atoms with van der Waals surface area (Å²) in [6.45, 7) is 4.21. The van der Waals surface area contributed by atoms with Crippen LogP contribution in [0.15, 0.2) is 30.5 Å². The number of hydrogen-bond acceptors (Lipinski definition) is 6. The first kappa shape index (κ1) is 14.0. The number of aromatic nitrogens is 3. The lowest BCUT2D eigenvalue weighted by Crippen LogP contribution is -2.15. The van der Waals surface area contributed by atoms with Gasteiger partial charge in [0.05, 0.1) is 13.3 Å². The highest BCUT2D eigenvalue weighted by Gasteiger charge is 2.04. The van der Waals surface area contributed by atoms with Crippen LogP contribution >= 0.6 is 0 Å². The fourth-order valence-corrected chi connectivity index (χ4v) is 1.58. The van der Waals surface area contributed by atoms with E-state index >= 15 is 0 Å². The van der Waals surface area contributed by atoms with Gasteiger partial charge in [-0.25, -0.2) is 0 Å². The van der Waals surface area contributed by atoms with Crippen LogP contribution in [0.2, 0.25) is 0 Å². The minimum atomic E-state index is 0.348. The second-order valence-corrected chi connectivity index (χ2v) is 4.47. The zero-order chi connectivity index (χ0) is 14.4. The zero-order valence-electron chi connectivity index (χ0n) is 11.9. The molecule has 0 bridgehead atoms. The molecule has 0 spiro atoms. The topological polar surface area (TPSA) is 72.0 Å². The van der Waals surface area contributed by atoms with Crippen LogP contribution in [0, 0.1) is 0 Å². The van der Waals surface area contributed by atoms with E-state index in [0.717, 1.165) is 17.9 Å². The number of methoxy groups -OCH3 is 1. The van der Waals surface area contributed by atoms with E-state index in [1.807, 2.05) is 24.3 Å². The number of nitrogens with zero attached hydrogens (tertiary/aromatic N) is 3. The van der Waals surface area contributed by atoms with E-state index < -0.39 is 0 Å². The molecule has 0 fully saturated rings. The lowest BCUT2D eigenvalue weighted by atomic mass is 10.3. The van der Waals surface area contributed by atoms with Crippen LogP contribution in [0.1, 0.15) is 20.3 Å². The average Bonchev–Trinajstić information content (AvgIpc) is 2.48. The summed E-state index contributed by atoms with van der Waals surface area (Å²) in [5.74, 6) is 1.98. The molecule has 1 unspecified atom stereocenters. The van der Waals surface area contributed by atoms with Crippen molar-refractivity contribution in [1.29, 1.82) is 0 Å². The Kier molecular flexibility index (Phi) is 4.70. The monoisotopic (exact) mass is 273 g/mol. The number of ether oxygens (including phenoxy) is 1. The van der Waals surface area contributed by atoms with Crippen molar-refractivity contribution in [1.82, 2.24) is 15.2 Å². The molecule has 2 rings (SSSR count). The average molecular weight is 273 g/mol. The smallest absolute Gasteiger partial charge is 0.249 e. The molecule has 6 nitrogen and oxygen atoms in total. The summed E-state index contributed by atoms with van der Waals surface area (Å²) < 4.78 is 5.11. The van der Waals surface area contributed by atoms with Crippen LogP contribution in [0.5, 0.6) is 5.75 Å². The van der Waals surface area contributed by atoms with Gasteiger partial charge < -0.3 is 15.4 Å². The molecule has 2 aromatic rings. The minimum Gasteiger partial charge on any atom is -0.497 e. The third-order valence-corrected chi connectivity index (χ3v) is 2.91. The van der Waals surface area contributed by atoms with Gasteiger partial charge in [0.25, 0.3) is 0 Å². The Hall–Kier alpha value is -2.37. The van der Waals surface area contributed by atoms with Gasteiger partial charge in [-0.05, 0) is 37.6 Å². The Morgan fingerprint density at radius 3 is 2.65 bits per heavy atom. The van der Waals surface area contributed by atoms with Gasteiger partial charge in [0.2, 0.25) is 5.95 Å². The molecular formula is C14H19N5O. The van der Waals surface area contributed by atoms with Gasteiger partial charge in [0.1, 0.15) is 5.75 Å². The summed E-state index contributed by atoms with van der Waals surface area (Å²) in [7, 11) is 1.64. The first-order valence-corrected chi connectivity index (χ1v) is 6.58. The highest BCUT2D eigenvalue weighted by Crippen LogP contribution is 2.18. The van der Waals surface area contributed by atoms with E-state index in [-0.39, 0.29) is 0 Å². The van der Waals surface area contributed by atoms with Crippen LogP contribution < -0.4 is 15.4 Å². The highest BCUT2D eigenvalue weighted by molar-refractivity contribution is 5.55. The molecule has 0 saturated heterocycles. The molecule has 6 heteroatoms. The summed E-state index contributed by atoms with van der Waals surface area (Å²) in [4.78, 5) is 4.37. The Morgan fingerprint density at radius 2 is 2.00 bits per heavy atom. The van der Waals surface area contributed by atoms with Crippen molar-refractivity contribution in [3.63, 3.8) is 0 Å². The van der Waals surface area contributed by atoms with E-state index in [0.29, 0.717) is 17.8 Å². The molecule has 1 atom stereocenters. The third kappa shape index (κ3) is 3.81. The Morgan fingerprint density at radius 1 is 1.25 bits per heavy atom. The second kappa shape index (κ2) is 6.70. The molecule has 0 aliphatic heterocycles. The molecular weight excluding hydrogens is 254 g/mol. The summed E-state index contributed by atoms with van der Waals surface area (Å²) in [6, 6.07) is 7.89. The fourth-order valence-electron chi connectivity index (χ4n) is 1.58. The van der Waals surface area contributed by atoms with E-state index in [9.17, 15) is 0 Å². The number of benzene rings is 1. The largest absolute Gasteiger partial charge is 0.497 e. The van der Waals surface area contributed by atoms with Gasteiger partial charge >= 0.3 is 0 Å². The molecule has 20 heavy (non-hydrogen) atoms. The predicted octanol–water partition coefficient (Wildman–Crippen LogP) is 2.83. The summed E-state index contributed by atoms with van der Waals surface area (Å²) in [6.07, 6.45) is 2.64. The molecule has 106 valence electrons. The zero-order valence-corrected chi connectivity index (χ0v) is 11.9. The van der Waals surface area contributed by atoms with Crippen molar-refractivity contribution < 1.29 is 4.74 Å². The van der Waals surface area contributed by atoms with Crippen molar-refractivity contribution in [2.75, 3.05) is 17.7 Å². The maximum absolute atomic E-state index is 5.11. The van der Waals surface area contributed by atoms with Gasteiger partial charge in [-0.15, -0.1) is 5.10 Å². The van der Waals surface area contributed by atoms with Crippen molar-refractivity contribution in [2.24, 2.45) is 0 Å². The standard InChI is InChI=1S/C14H19N5O/c1-4-10(2)16-13-9-15-19-14(18-13)17-11-5-7-12(20-3)8-6-11/h5-10H,4H2,1-3H3,(H2,16,17,18,19). The van der Waals surface area contributed by atoms with Crippen molar-refractivity contribution >= 4 is 17.5 Å². The van der Waals surface area contributed by atoms with Gasteiger partial charge in [-0.1, -0.05) is 6.92 Å². The van der Waals surface area contributed by atoms with E-state index in [2.05, 4.69) is 39.7 Å². The van der Waals surface area contributed by atoms with Crippen LogP contribution in [-0.2, 0) is 0 Å². The van der Waals surface area contributed by atoms with Gasteiger partial charge in [0.15, 0.2) is 5.82 Å². The third-order valence-electron chi connectivity index (χ3n) is 2.91. The Labute approximate surface area is 118 Å². The molecule has 0 aliphatic carbocycles. The first-order chi connectivity index (χ1) is 9.71. The van der Waals surface area contributed by atoms with Crippen molar-refractivity contribution in [3.8, 4) is 5.75 Å². The number of anilines is 3. The quantitative estimate of drug-likeness (QED) is 0.843. The first-order valence-electron chi connectivity index (χ1n) is 6.58. The molecule has 0 amide bonds. The van der Waals surface area contributed by atoms with E-state index in [1.165, 1.54) is 0 Å². The minimum absolute atomic E-state index is 0.348. The molecule has 1 aromatic heterocycles. The Balaban J connectivity index is 2.06. The van der Waals surface area contributed by atoms with Gasteiger partial charge in [-0.3, -0.25) is 0 Å². The normalized spacial score (nSPS) is 11.8. The van der Waals surface area contributed by atoms with Crippen LogP contribution in [0.3, 0.4) is 0 Å². The molecule has 0 radical (unpaired) electrons. The molecule has 0 saturated carbocycles. The maximum Gasteiger partial charge on any atom is 0.249 e. The Bertz CT molecular complexity index is 544. The summed E-state index contributed by atoms with van der Waals surface area (Å²) >= 11 is 0. The summed E-state index contributed by atoms with van der Waals surface area (Å²) in [5, 5.41) is 14.3. The van der Waals surface area contributed by atoms with E-state index in [1.54, 1.807) is 13.3 Å². The molecule has 1 aromatic carbocycles. The van der Waals surface area contributed by atoms with Crippen molar-refractivity contribution in [2.45, 2.75) is 26.3 Å². The lowest BCUT2D eigenvalue weighted by Gasteiger charge is -2.12. The number of rotatable bonds is 6. The predicted molar refractivity (Wildman–Crippen MR) is 79.5 cm³/mol. The molecule has 2 N–H and O–H groups in total. The van der Waals surface area contributed by atoms with Crippen LogP contribution in [-0.4, -0.2) is 28.3 Å². The fraction of sp³-hybridized carbons (Fsp3) is 0.357. The summed E-state index contributed by atoms with van der Waals surface area (Å²) in [5.41, 5.74) is 0.883. The SMILES string of the molecule is CCC(C)Nc1cnnc(Nc2ccc(OC)cc2)n1. The van der Waals surface area contributed by atoms with E-state index in [4.69, 9.17) is 4.74 Å².